The Hall–Kier alpha value is -1.10. The molecule has 2 rings (SSSR count). The summed E-state index contributed by atoms with van der Waals surface area (Å²) in [4.78, 5) is 28.5. The van der Waals surface area contributed by atoms with Crippen LogP contribution in [0.1, 0.15) is 40.5 Å². The summed E-state index contributed by atoms with van der Waals surface area (Å²) in [6, 6.07) is 0.569. The van der Waals surface area contributed by atoms with Gasteiger partial charge in [0.05, 0.1) is 0 Å². The minimum atomic E-state index is -0.774. The Bertz CT molecular complexity index is 393. The van der Waals surface area contributed by atoms with Crippen molar-refractivity contribution >= 4 is 11.8 Å². The molecule has 0 spiro atoms. The molecule has 20 heavy (non-hydrogen) atoms. The lowest BCUT2D eigenvalue weighted by Crippen LogP contribution is -2.53. The van der Waals surface area contributed by atoms with Crippen molar-refractivity contribution in [2.45, 2.75) is 52.1 Å². The predicted molar refractivity (Wildman–Crippen MR) is 78.2 cm³/mol. The van der Waals surface area contributed by atoms with E-state index in [0.29, 0.717) is 24.9 Å². The first kappa shape index (κ1) is 15.3. The van der Waals surface area contributed by atoms with Crippen LogP contribution >= 0.6 is 0 Å². The zero-order valence-corrected chi connectivity index (χ0v) is 13.1. The Morgan fingerprint density at radius 1 is 1.30 bits per heavy atom. The molecule has 114 valence electrons. The smallest absolute Gasteiger partial charge is 0.247 e. The summed E-state index contributed by atoms with van der Waals surface area (Å²) < 4.78 is 0. The first-order valence-corrected chi connectivity index (χ1v) is 7.64. The average molecular weight is 281 g/mol. The molecular weight excluding hydrogens is 254 g/mol. The monoisotopic (exact) mass is 281 g/mol. The van der Waals surface area contributed by atoms with E-state index in [1.54, 1.807) is 13.8 Å². The number of hydrogen-bond acceptors (Lipinski definition) is 3. The van der Waals surface area contributed by atoms with Crippen LogP contribution < -0.4 is 5.32 Å². The minimum Gasteiger partial charge on any atom is -0.342 e. The van der Waals surface area contributed by atoms with Gasteiger partial charge in [0.1, 0.15) is 5.54 Å². The van der Waals surface area contributed by atoms with Crippen LogP contribution in [0, 0.1) is 5.92 Å². The third kappa shape index (κ3) is 3.32. The van der Waals surface area contributed by atoms with E-state index in [9.17, 15) is 9.59 Å². The van der Waals surface area contributed by atoms with Crippen LogP contribution in [0.25, 0.3) is 0 Å². The van der Waals surface area contributed by atoms with Gasteiger partial charge in [-0.2, -0.15) is 0 Å². The molecule has 2 amide bonds. The highest BCUT2D eigenvalue weighted by molar-refractivity contribution is 5.92. The second-order valence-electron chi connectivity index (χ2n) is 6.92. The van der Waals surface area contributed by atoms with Crippen molar-refractivity contribution in [2.24, 2.45) is 5.92 Å². The van der Waals surface area contributed by atoms with Gasteiger partial charge >= 0.3 is 0 Å². The standard InChI is InChI=1S/C15H27N3O2/c1-11(2)17-7-5-12(9-17)10-18-8-6-13(19)16-15(3,4)14(18)20/h11-12H,5-10H2,1-4H3,(H,16,19). The van der Waals surface area contributed by atoms with Crippen LogP contribution in [0.4, 0.5) is 0 Å². The van der Waals surface area contributed by atoms with Crippen molar-refractivity contribution in [3.05, 3.63) is 0 Å². The van der Waals surface area contributed by atoms with Gasteiger partial charge in [-0.15, -0.1) is 0 Å². The Labute approximate surface area is 121 Å². The Balaban J connectivity index is 1.98. The van der Waals surface area contributed by atoms with E-state index in [-0.39, 0.29) is 11.8 Å². The Kier molecular flexibility index (Phi) is 4.37. The molecule has 1 atom stereocenters. The molecule has 5 nitrogen and oxygen atoms in total. The lowest BCUT2D eigenvalue weighted by molar-refractivity contribution is -0.137. The molecule has 2 aliphatic rings. The highest BCUT2D eigenvalue weighted by Gasteiger charge is 2.38. The number of nitrogens with zero attached hydrogens (tertiary/aromatic N) is 2. The highest BCUT2D eigenvalue weighted by atomic mass is 16.2. The number of amides is 2. The maximum absolute atomic E-state index is 12.5. The van der Waals surface area contributed by atoms with E-state index < -0.39 is 5.54 Å². The molecule has 0 aliphatic carbocycles. The van der Waals surface area contributed by atoms with Gasteiger partial charge in [0.25, 0.3) is 0 Å². The van der Waals surface area contributed by atoms with Gasteiger partial charge in [0.15, 0.2) is 0 Å². The summed E-state index contributed by atoms with van der Waals surface area (Å²) in [5.41, 5.74) is -0.774. The molecule has 2 heterocycles. The van der Waals surface area contributed by atoms with Gasteiger partial charge in [-0.3, -0.25) is 9.59 Å². The van der Waals surface area contributed by atoms with Crippen LogP contribution in [0.2, 0.25) is 0 Å². The zero-order chi connectivity index (χ0) is 14.9. The van der Waals surface area contributed by atoms with Gasteiger partial charge in [-0.1, -0.05) is 0 Å². The maximum atomic E-state index is 12.5. The zero-order valence-electron chi connectivity index (χ0n) is 13.1. The lowest BCUT2D eigenvalue weighted by atomic mass is 10.0. The fourth-order valence-corrected chi connectivity index (χ4v) is 3.16. The van der Waals surface area contributed by atoms with E-state index in [1.165, 1.54) is 0 Å². The summed E-state index contributed by atoms with van der Waals surface area (Å²) in [5, 5.41) is 2.81. The van der Waals surface area contributed by atoms with E-state index in [2.05, 4.69) is 24.1 Å². The molecule has 1 N–H and O–H groups in total. The van der Waals surface area contributed by atoms with Crippen LogP contribution in [0.5, 0.6) is 0 Å². The van der Waals surface area contributed by atoms with Crippen LogP contribution in [-0.4, -0.2) is 59.4 Å². The van der Waals surface area contributed by atoms with Crippen molar-refractivity contribution in [1.29, 1.82) is 0 Å². The third-order valence-electron chi connectivity index (χ3n) is 4.41. The van der Waals surface area contributed by atoms with Crippen LogP contribution in [0.15, 0.2) is 0 Å². The summed E-state index contributed by atoms with van der Waals surface area (Å²) in [7, 11) is 0. The van der Waals surface area contributed by atoms with Gasteiger partial charge < -0.3 is 15.1 Å². The molecule has 0 aromatic rings. The summed E-state index contributed by atoms with van der Waals surface area (Å²) in [6.45, 7) is 11.5. The van der Waals surface area contributed by atoms with E-state index in [4.69, 9.17) is 0 Å². The Morgan fingerprint density at radius 3 is 2.60 bits per heavy atom. The number of rotatable bonds is 3. The maximum Gasteiger partial charge on any atom is 0.247 e. The fourth-order valence-electron chi connectivity index (χ4n) is 3.16. The van der Waals surface area contributed by atoms with Gasteiger partial charge in [0, 0.05) is 32.1 Å². The second-order valence-corrected chi connectivity index (χ2v) is 6.92. The number of nitrogens with one attached hydrogen (secondary N) is 1. The molecule has 0 saturated carbocycles. The molecule has 2 saturated heterocycles. The molecule has 0 aromatic carbocycles. The van der Waals surface area contributed by atoms with Crippen molar-refractivity contribution in [2.75, 3.05) is 26.2 Å². The average Bonchev–Trinajstić information content (AvgIpc) is 2.78. The normalized spacial score (nSPS) is 27.9. The summed E-state index contributed by atoms with van der Waals surface area (Å²) in [6.07, 6.45) is 1.56. The van der Waals surface area contributed by atoms with Gasteiger partial charge in [0.2, 0.25) is 11.8 Å². The van der Waals surface area contributed by atoms with Crippen molar-refractivity contribution in [3.8, 4) is 0 Å². The lowest BCUT2D eigenvalue weighted by Gasteiger charge is -2.30. The first-order valence-electron chi connectivity index (χ1n) is 7.64. The first-order chi connectivity index (χ1) is 9.29. The number of carbonyl (C=O) groups excluding carboxylic acids is 2. The summed E-state index contributed by atoms with van der Waals surface area (Å²) in [5.74, 6) is 0.553. The SMILES string of the molecule is CC(C)N1CCC(CN2CCC(=O)NC(C)(C)C2=O)C1. The molecule has 2 aliphatic heterocycles. The Morgan fingerprint density at radius 2 is 2.00 bits per heavy atom. The number of likely N-dealkylation sites (tertiary alicyclic amines) is 1. The van der Waals surface area contributed by atoms with Crippen molar-refractivity contribution < 1.29 is 9.59 Å². The molecule has 0 radical (unpaired) electrons. The topological polar surface area (TPSA) is 52.6 Å². The molecule has 0 aromatic heterocycles. The van der Waals surface area contributed by atoms with Gasteiger partial charge in [-0.25, -0.2) is 0 Å². The fraction of sp³-hybridized carbons (Fsp3) is 0.867. The summed E-state index contributed by atoms with van der Waals surface area (Å²) >= 11 is 0. The predicted octanol–water partition coefficient (Wildman–Crippen LogP) is 0.844. The van der Waals surface area contributed by atoms with Gasteiger partial charge in [-0.05, 0) is 46.6 Å². The molecule has 0 bridgehead atoms. The van der Waals surface area contributed by atoms with E-state index >= 15 is 0 Å². The van der Waals surface area contributed by atoms with E-state index in [1.807, 2.05) is 4.90 Å². The van der Waals surface area contributed by atoms with Crippen molar-refractivity contribution in [1.82, 2.24) is 15.1 Å². The van der Waals surface area contributed by atoms with Crippen LogP contribution in [-0.2, 0) is 9.59 Å². The minimum absolute atomic E-state index is 0.0268. The van der Waals surface area contributed by atoms with Crippen molar-refractivity contribution in [3.63, 3.8) is 0 Å². The number of hydrogen-bond donors (Lipinski definition) is 1. The van der Waals surface area contributed by atoms with Crippen LogP contribution in [0.3, 0.4) is 0 Å². The third-order valence-corrected chi connectivity index (χ3v) is 4.41. The molecular formula is C15H27N3O2. The molecule has 5 heteroatoms. The largest absolute Gasteiger partial charge is 0.342 e. The highest BCUT2D eigenvalue weighted by Crippen LogP contribution is 2.22. The molecule has 1 unspecified atom stereocenters. The number of carbonyl (C=O) groups is 2. The molecule has 2 fully saturated rings. The second kappa shape index (κ2) is 5.72. The quantitative estimate of drug-likeness (QED) is 0.834. The van der Waals surface area contributed by atoms with E-state index in [0.717, 1.165) is 26.1 Å².